The third-order valence-electron chi connectivity index (χ3n) is 8.74. The first-order valence-corrected chi connectivity index (χ1v) is 14.2. The minimum absolute atomic E-state index is 0.0328. The highest BCUT2D eigenvalue weighted by atomic mass is 19.4. The molecule has 7 heteroatoms. The second-order valence-electron chi connectivity index (χ2n) is 11.3. The molecule has 2 aliphatic rings. The van der Waals surface area contributed by atoms with E-state index in [1.165, 1.54) is 18.2 Å². The van der Waals surface area contributed by atoms with Gasteiger partial charge in [-0.05, 0) is 105 Å². The predicted molar refractivity (Wildman–Crippen MR) is 144 cm³/mol. The quantitative estimate of drug-likeness (QED) is 0.249. The highest BCUT2D eigenvalue weighted by Gasteiger charge is 2.40. The van der Waals surface area contributed by atoms with Crippen LogP contribution in [0.25, 0.3) is 11.1 Å². The Hall–Kier alpha value is -2.41. The number of halogens is 5. The number of alkyl halides is 3. The number of aliphatic hydroxyl groups is 1. The van der Waals surface area contributed by atoms with Gasteiger partial charge >= 0.3 is 6.18 Å². The number of rotatable bonds is 9. The molecule has 0 amide bonds. The standard InChI is InChI=1S/C32H39F5O2/c1-3-5-28(38)23-12-8-21(9-13-23)19-39-29-17-16-26(31(34)30(29)32(35,36)37)25-15-14-24(18-27(25)33)22-10-6-20(4-2)7-11-22/h4,14-18,20-23,28,38H,2-3,5-13,19H2,1H3. The van der Waals surface area contributed by atoms with E-state index in [-0.39, 0.29) is 36.0 Å². The molecule has 1 atom stereocenters. The molecule has 214 valence electrons. The van der Waals surface area contributed by atoms with Crippen LogP contribution in [0.15, 0.2) is 43.0 Å². The van der Waals surface area contributed by atoms with E-state index in [0.29, 0.717) is 5.92 Å². The lowest BCUT2D eigenvalue weighted by atomic mass is 9.78. The van der Waals surface area contributed by atoms with Crippen LogP contribution in [0.5, 0.6) is 5.75 Å². The normalized spacial score (nSPS) is 24.8. The maximum Gasteiger partial charge on any atom is 0.422 e. The summed E-state index contributed by atoms with van der Waals surface area (Å²) in [7, 11) is 0. The van der Waals surface area contributed by atoms with Crippen molar-refractivity contribution in [2.45, 2.75) is 89.3 Å². The SMILES string of the molecule is C=CC1CCC(c2ccc(-c3ccc(OCC4CCC(C(O)CCC)CC4)c(C(F)(F)F)c3F)c(F)c2)CC1. The highest BCUT2D eigenvalue weighted by molar-refractivity contribution is 5.68. The number of ether oxygens (including phenoxy) is 1. The van der Waals surface area contributed by atoms with E-state index in [4.69, 9.17) is 4.74 Å². The molecule has 2 aromatic rings. The smallest absolute Gasteiger partial charge is 0.422 e. The van der Waals surface area contributed by atoms with E-state index in [1.54, 1.807) is 6.07 Å². The van der Waals surface area contributed by atoms with Crippen molar-refractivity contribution in [3.8, 4) is 16.9 Å². The minimum atomic E-state index is -5.00. The van der Waals surface area contributed by atoms with Crippen LogP contribution in [0.3, 0.4) is 0 Å². The molecule has 0 bridgehead atoms. The molecule has 0 aromatic heterocycles. The van der Waals surface area contributed by atoms with Gasteiger partial charge in [0.05, 0.1) is 12.7 Å². The van der Waals surface area contributed by atoms with Crippen LogP contribution in [-0.2, 0) is 6.18 Å². The number of aliphatic hydroxyl groups excluding tert-OH is 1. The predicted octanol–water partition coefficient (Wildman–Crippen LogP) is 9.46. The molecule has 39 heavy (non-hydrogen) atoms. The summed E-state index contributed by atoms with van der Waals surface area (Å²) in [5, 5.41) is 10.2. The lowest BCUT2D eigenvalue weighted by Crippen LogP contribution is -2.28. The van der Waals surface area contributed by atoms with E-state index in [9.17, 15) is 18.3 Å². The van der Waals surface area contributed by atoms with Crippen molar-refractivity contribution in [2.75, 3.05) is 6.61 Å². The van der Waals surface area contributed by atoms with Crippen molar-refractivity contribution >= 4 is 0 Å². The molecule has 1 N–H and O–H groups in total. The summed E-state index contributed by atoms with van der Waals surface area (Å²) in [6.07, 6.45) is 4.98. The maximum atomic E-state index is 15.4. The van der Waals surface area contributed by atoms with Crippen molar-refractivity contribution in [1.82, 2.24) is 0 Å². The van der Waals surface area contributed by atoms with E-state index in [0.717, 1.165) is 75.8 Å². The zero-order chi connectivity index (χ0) is 28.2. The van der Waals surface area contributed by atoms with Gasteiger partial charge in [0.2, 0.25) is 0 Å². The zero-order valence-corrected chi connectivity index (χ0v) is 22.6. The van der Waals surface area contributed by atoms with E-state index < -0.39 is 34.7 Å². The number of benzene rings is 2. The van der Waals surface area contributed by atoms with Crippen molar-refractivity contribution in [1.29, 1.82) is 0 Å². The van der Waals surface area contributed by atoms with Crippen LogP contribution in [0.4, 0.5) is 22.0 Å². The molecule has 0 heterocycles. The highest BCUT2D eigenvalue weighted by Crippen LogP contribution is 2.44. The van der Waals surface area contributed by atoms with Crippen molar-refractivity contribution in [3.05, 3.63) is 65.7 Å². The molecule has 4 rings (SSSR count). The molecule has 1 unspecified atom stereocenters. The molecule has 2 saturated carbocycles. The lowest BCUT2D eigenvalue weighted by Gasteiger charge is -2.31. The molecule has 2 aliphatic carbocycles. The Morgan fingerprint density at radius 3 is 2.23 bits per heavy atom. The van der Waals surface area contributed by atoms with E-state index in [2.05, 4.69) is 6.58 Å². The largest absolute Gasteiger partial charge is 0.493 e. The van der Waals surface area contributed by atoms with Gasteiger partial charge in [-0.3, -0.25) is 0 Å². The summed E-state index contributed by atoms with van der Waals surface area (Å²) in [6, 6.07) is 6.68. The monoisotopic (exact) mass is 550 g/mol. The second-order valence-corrected chi connectivity index (χ2v) is 11.3. The first-order valence-electron chi connectivity index (χ1n) is 14.2. The minimum Gasteiger partial charge on any atom is -0.493 e. The Morgan fingerprint density at radius 2 is 1.64 bits per heavy atom. The van der Waals surface area contributed by atoms with Crippen LogP contribution < -0.4 is 4.74 Å². The Labute approximate surface area is 228 Å². The average molecular weight is 551 g/mol. The summed E-state index contributed by atoms with van der Waals surface area (Å²) in [4.78, 5) is 0. The number of hydrogen-bond acceptors (Lipinski definition) is 2. The van der Waals surface area contributed by atoms with Gasteiger partial charge < -0.3 is 9.84 Å². The summed E-state index contributed by atoms with van der Waals surface area (Å²) >= 11 is 0. The van der Waals surface area contributed by atoms with Gasteiger partial charge in [-0.25, -0.2) is 8.78 Å². The molecule has 2 fully saturated rings. The Bertz CT molecular complexity index is 1110. The molecule has 0 spiro atoms. The van der Waals surface area contributed by atoms with Crippen molar-refractivity contribution in [3.63, 3.8) is 0 Å². The first kappa shape index (κ1) is 29.6. The van der Waals surface area contributed by atoms with Crippen LogP contribution in [0.1, 0.15) is 88.2 Å². The first-order chi connectivity index (χ1) is 18.6. The molecule has 0 radical (unpaired) electrons. The fourth-order valence-electron chi connectivity index (χ4n) is 6.32. The van der Waals surface area contributed by atoms with Crippen molar-refractivity contribution in [2.24, 2.45) is 17.8 Å². The number of hydrogen-bond donors (Lipinski definition) is 1. The number of allylic oxidation sites excluding steroid dienone is 1. The van der Waals surface area contributed by atoms with Gasteiger partial charge in [0.1, 0.15) is 22.9 Å². The second kappa shape index (κ2) is 12.8. The molecular formula is C32H39F5O2. The lowest BCUT2D eigenvalue weighted by molar-refractivity contribution is -0.141. The fourth-order valence-corrected chi connectivity index (χ4v) is 6.32. The molecule has 2 nitrogen and oxygen atoms in total. The topological polar surface area (TPSA) is 29.5 Å². The fraction of sp³-hybridized carbons (Fsp3) is 0.562. The Balaban J connectivity index is 1.49. The molecule has 0 saturated heterocycles. The summed E-state index contributed by atoms with van der Waals surface area (Å²) in [5.74, 6) is -1.98. The van der Waals surface area contributed by atoms with Gasteiger partial charge in [0.25, 0.3) is 0 Å². The Morgan fingerprint density at radius 1 is 0.974 bits per heavy atom. The van der Waals surface area contributed by atoms with Gasteiger partial charge in [0, 0.05) is 11.1 Å². The van der Waals surface area contributed by atoms with E-state index in [1.807, 2.05) is 13.0 Å². The third kappa shape index (κ3) is 7.03. The molecule has 2 aromatic carbocycles. The van der Waals surface area contributed by atoms with Crippen LogP contribution in [-0.4, -0.2) is 17.8 Å². The maximum absolute atomic E-state index is 15.4. The van der Waals surface area contributed by atoms with Crippen molar-refractivity contribution < 1.29 is 31.8 Å². The van der Waals surface area contributed by atoms with E-state index >= 15 is 8.78 Å². The van der Waals surface area contributed by atoms with Gasteiger partial charge in [-0.2, -0.15) is 13.2 Å². The van der Waals surface area contributed by atoms with Gasteiger partial charge in [0.15, 0.2) is 0 Å². The average Bonchev–Trinajstić information content (AvgIpc) is 2.92. The molecule has 0 aliphatic heterocycles. The zero-order valence-electron chi connectivity index (χ0n) is 22.6. The van der Waals surface area contributed by atoms with Gasteiger partial charge in [-0.15, -0.1) is 6.58 Å². The summed E-state index contributed by atoms with van der Waals surface area (Å²) < 4.78 is 78.1. The Kier molecular flexibility index (Phi) is 9.73. The third-order valence-corrected chi connectivity index (χ3v) is 8.74. The van der Waals surface area contributed by atoms with Crippen LogP contribution >= 0.6 is 0 Å². The summed E-state index contributed by atoms with van der Waals surface area (Å²) in [6.45, 7) is 5.89. The van der Waals surface area contributed by atoms with Gasteiger partial charge in [-0.1, -0.05) is 31.6 Å². The summed E-state index contributed by atoms with van der Waals surface area (Å²) in [5.41, 5.74) is -1.35. The van der Waals surface area contributed by atoms with Crippen LogP contribution in [0, 0.1) is 29.4 Å². The molecular weight excluding hydrogens is 511 g/mol. The van der Waals surface area contributed by atoms with Crippen LogP contribution in [0.2, 0.25) is 0 Å².